The Balaban J connectivity index is -0.00000135. The average Bonchev–Trinajstić information content (AvgIpc) is 2.67. The van der Waals surface area contributed by atoms with Gasteiger partial charge in [0.1, 0.15) is 0 Å². The van der Waals surface area contributed by atoms with Crippen LogP contribution in [0.5, 0.6) is 0 Å². The molecule has 0 spiro atoms. The number of methoxy groups -OCH3 is 1. The van der Waals surface area contributed by atoms with Crippen molar-refractivity contribution in [1.29, 1.82) is 0 Å². The van der Waals surface area contributed by atoms with E-state index in [-0.39, 0.29) is 29.5 Å². The number of hydrogen-bond donors (Lipinski definition) is 0. The van der Waals surface area contributed by atoms with Gasteiger partial charge in [0.25, 0.3) is 0 Å². The smallest absolute Gasteiger partial charge is 0.350 e. The molecule has 2 aromatic rings. The lowest BCUT2D eigenvalue weighted by atomic mass is 9.82. The maximum atomic E-state index is 12.1. The molecule has 3 rings (SSSR count). The van der Waals surface area contributed by atoms with Crippen molar-refractivity contribution in [3.8, 4) is 0 Å². The predicted molar refractivity (Wildman–Crippen MR) is 109 cm³/mol. The second-order valence-corrected chi connectivity index (χ2v) is 6.90. The number of carbonyl (C=O) groups is 1. The van der Waals surface area contributed by atoms with E-state index >= 15 is 0 Å². The predicted octanol–water partition coefficient (Wildman–Crippen LogP) is 5.99. The summed E-state index contributed by atoms with van der Waals surface area (Å²) in [5, 5.41) is 0. The number of rotatable bonds is 5. The highest BCUT2D eigenvalue weighted by Crippen LogP contribution is 2.34. The van der Waals surface area contributed by atoms with Crippen molar-refractivity contribution < 1.29 is 37.2 Å². The fourth-order valence-electron chi connectivity index (χ4n) is 3.13. The molecule has 29 heavy (non-hydrogen) atoms. The minimum absolute atomic E-state index is 0. The van der Waals surface area contributed by atoms with E-state index in [9.17, 15) is 4.79 Å². The molecule has 1 fully saturated rings. The molecule has 1 aliphatic rings. The van der Waals surface area contributed by atoms with Crippen LogP contribution in [0.3, 0.4) is 0 Å². The molecule has 166 valence electrons. The van der Waals surface area contributed by atoms with Crippen LogP contribution in [-0.4, -0.2) is 19.2 Å². The number of halogens is 5. The van der Waals surface area contributed by atoms with E-state index in [1.165, 1.54) is 5.56 Å². The van der Waals surface area contributed by atoms with E-state index in [0.29, 0.717) is 17.6 Å². The van der Waals surface area contributed by atoms with Crippen LogP contribution >= 0.6 is 12.0 Å². The van der Waals surface area contributed by atoms with E-state index in [4.69, 9.17) is 8.92 Å². The van der Waals surface area contributed by atoms with Gasteiger partial charge in [-0.05, 0) is 61.4 Å². The summed E-state index contributed by atoms with van der Waals surface area (Å²) in [6, 6.07) is 17.5. The molecule has 0 heterocycles. The lowest BCUT2D eigenvalue weighted by Gasteiger charge is -2.27. The largest absolute Gasteiger partial charge is 0.382 e. The average molecular weight is 442 g/mol. The molecule has 0 amide bonds. The lowest BCUT2D eigenvalue weighted by Crippen LogP contribution is -2.19. The molecular formula is C20H27F5O3S. The first-order valence-electron chi connectivity index (χ1n) is 8.33. The molecule has 0 radical (unpaired) electrons. The molecule has 0 atom stereocenters. The Morgan fingerprint density at radius 2 is 1.38 bits per heavy atom. The van der Waals surface area contributed by atoms with Gasteiger partial charge in [-0.3, -0.25) is 23.5 Å². The number of ether oxygens (including phenoxy) is 1. The zero-order chi connectivity index (χ0) is 16.8. The van der Waals surface area contributed by atoms with Crippen molar-refractivity contribution in [2.75, 3.05) is 7.11 Å². The fourth-order valence-corrected chi connectivity index (χ4v) is 3.67. The van der Waals surface area contributed by atoms with Gasteiger partial charge in [-0.1, -0.05) is 30.3 Å². The summed E-state index contributed by atoms with van der Waals surface area (Å²) in [7, 11) is 1.79. The summed E-state index contributed by atoms with van der Waals surface area (Å²) in [6.45, 7) is 0. The third-order valence-electron chi connectivity index (χ3n) is 4.58. The third-order valence-corrected chi connectivity index (χ3v) is 5.28. The Morgan fingerprint density at radius 1 is 0.828 bits per heavy atom. The SMILES string of the molecule is COC1CCC(c2ccc(C(=O)OSc3ccccc3)cc2)CC1.F.F.F.F.F. The second kappa shape index (κ2) is 15.8. The molecule has 0 unspecified atom stereocenters. The van der Waals surface area contributed by atoms with E-state index in [0.717, 1.165) is 42.6 Å². The first kappa shape index (κ1) is 31.6. The van der Waals surface area contributed by atoms with Gasteiger partial charge in [-0.15, -0.1) is 0 Å². The molecule has 0 saturated heterocycles. The van der Waals surface area contributed by atoms with Gasteiger partial charge in [0.05, 0.1) is 23.7 Å². The Hall–Kier alpha value is -2.13. The van der Waals surface area contributed by atoms with Crippen molar-refractivity contribution in [3.63, 3.8) is 0 Å². The summed E-state index contributed by atoms with van der Waals surface area (Å²) in [5.41, 5.74) is 1.89. The van der Waals surface area contributed by atoms with Crippen LogP contribution in [0.2, 0.25) is 0 Å². The fraction of sp³-hybridized carbons (Fsp3) is 0.350. The highest BCUT2D eigenvalue weighted by Gasteiger charge is 2.22. The number of hydrogen-bond acceptors (Lipinski definition) is 4. The normalized spacial score (nSPS) is 17.0. The first-order chi connectivity index (χ1) is 11.8. The van der Waals surface area contributed by atoms with Gasteiger partial charge >= 0.3 is 5.97 Å². The zero-order valence-corrected chi connectivity index (χ0v) is 16.7. The van der Waals surface area contributed by atoms with Gasteiger partial charge in [-0.25, -0.2) is 4.79 Å². The minimum atomic E-state index is -0.307. The van der Waals surface area contributed by atoms with Gasteiger partial charge in [0, 0.05) is 12.0 Å². The maximum Gasteiger partial charge on any atom is 0.350 e. The molecule has 0 bridgehead atoms. The van der Waals surface area contributed by atoms with E-state index < -0.39 is 0 Å². The van der Waals surface area contributed by atoms with Crippen LogP contribution in [0.4, 0.5) is 23.5 Å². The Morgan fingerprint density at radius 3 is 1.90 bits per heavy atom. The Kier molecular flexibility index (Phi) is 17.1. The molecule has 2 aromatic carbocycles. The van der Waals surface area contributed by atoms with Crippen LogP contribution in [-0.2, 0) is 8.92 Å². The molecule has 1 saturated carbocycles. The highest BCUT2D eigenvalue weighted by atomic mass is 32.2. The lowest BCUT2D eigenvalue weighted by molar-refractivity contribution is 0.0659. The Labute approximate surface area is 171 Å². The van der Waals surface area contributed by atoms with E-state index in [1.807, 2.05) is 42.5 Å². The van der Waals surface area contributed by atoms with Crippen molar-refractivity contribution in [1.82, 2.24) is 0 Å². The summed E-state index contributed by atoms with van der Waals surface area (Å²) in [5.74, 6) is 0.263. The minimum Gasteiger partial charge on any atom is -0.382 e. The molecule has 9 heteroatoms. The van der Waals surface area contributed by atoms with Crippen LogP contribution in [0, 0.1) is 0 Å². The van der Waals surface area contributed by atoms with Gasteiger partial charge in [0.2, 0.25) is 0 Å². The van der Waals surface area contributed by atoms with Crippen molar-refractivity contribution in [2.24, 2.45) is 0 Å². The van der Waals surface area contributed by atoms with Gasteiger partial charge in [-0.2, -0.15) is 0 Å². The van der Waals surface area contributed by atoms with Gasteiger partial charge in [0.15, 0.2) is 0 Å². The van der Waals surface area contributed by atoms with Crippen LogP contribution in [0.1, 0.15) is 47.5 Å². The Bertz CT molecular complexity index is 666. The third kappa shape index (κ3) is 8.82. The molecular weight excluding hydrogens is 415 g/mol. The summed E-state index contributed by atoms with van der Waals surface area (Å²) >= 11 is 1.09. The summed E-state index contributed by atoms with van der Waals surface area (Å²) in [4.78, 5) is 13.0. The maximum absolute atomic E-state index is 12.1. The van der Waals surface area contributed by atoms with E-state index in [1.54, 1.807) is 7.11 Å². The first-order valence-corrected chi connectivity index (χ1v) is 9.07. The molecule has 0 aliphatic heterocycles. The van der Waals surface area contributed by atoms with Crippen molar-refractivity contribution in [2.45, 2.75) is 42.6 Å². The monoisotopic (exact) mass is 442 g/mol. The second-order valence-electron chi connectivity index (χ2n) is 6.10. The number of carbonyl (C=O) groups excluding carboxylic acids is 1. The van der Waals surface area contributed by atoms with Crippen molar-refractivity contribution in [3.05, 3.63) is 65.7 Å². The summed E-state index contributed by atoms with van der Waals surface area (Å²) < 4.78 is 10.7. The van der Waals surface area contributed by atoms with Crippen LogP contribution in [0.25, 0.3) is 0 Å². The number of benzene rings is 2. The topological polar surface area (TPSA) is 35.5 Å². The zero-order valence-electron chi connectivity index (χ0n) is 15.9. The van der Waals surface area contributed by atoms with Crippen LogP contribution in [0.15, 0.2) is 59.5 Å². The van der Waals surface area contributed by atoms with Gasteiger partial charge < -0.3 is 8.92 Å². The quantitative estimate of drug-likeness (QED) is 0.421. The van der Waals surface area contributed by atoms with E-state index in [2.05, 4.69) is 12.1 Å². The molecule has 3 nitrogen and oxygen atoms in total. The molecule has 0 N–H and O–H groups in total. The molecule has 0 aromatic heterocycles. The highest BCUT2D eigenvalue weighted by molar-refractivity contribution is 7.95. The summed E-state index contributed by atoms with van der Waals surface area (Å²) in [6.07, 6.45) is 4.92. The standard InChI is InChI=1S/C20H22O3S.5FH/c1-22-18-13-11-16(12-14-18)15-7-9-17(10-8-15)20(21)23-24-19-5-3-2-4-6-19;;;;;/h2-10,16,18H,11-14H2,1H3;5*1H. The molecule has 1 aliphatic carbocycles. The van der Waals surface area contributed by atoms with Crippen LogP contribution < -0.4 is 0 Å². The van der Waals surface area contributed by atoms with Crippen molar-refractivity contribution >= 4 is 18.0 Å².